The number of likely N-dealkylation sites (tertiary alicyclic amines) is 1. The maximum Gasteiger partial charge on any atom is 0.252 e. The quantitative estimate of drug-likeness (QED) is 0.422. The Hall–Kier alpha value is -3.71. The number of amides is 1. The highest BCUT2D eigenvalue weighted by atomic mass is 16.1. The summed E-state index contributed by atoms with van der Waals surface area (Å²) in [6.45, 7) is 7.27. The highest BCUT2D eigenvalue weighted by Crippen LogP contribution is 2.29. The molecule has 0 aliphatic carbocycles. The lowest BCUT2D eigenvalue weighted by molar-refractivity contribution is 0.0939. The molecule has 1 amide bonds. The van der Waals surface area contributed by atoms with Gasteiger partial charge < -0.3 is 15.1 Å². The molecule has 1 N–H and O–H groups in total. The number of hydrogen-bond donors (Lipinski definition) is 1. The molecule has 7 heteroatoms. The lowest BCUT2D eigenvalue weighted by atomic mass is 9.99. The smallest absolute Gasteiger partial charge is 0.252 e. The number of nitrogens with one attached hydrogen (secondary N) is 1. The second kappa shape index (κ2) is 9.74. The second-order valence-corrected chi connectivity index (χ2v) is 10.2. The fraction of sp³-hybridized carbons (Fsp3) is 0.345. The normalized spacial score (nSPS) is 15.0. The van der Waals surface area contributed by atoms with Crippen LogP contribution in [-0.2, 0) is 7.05 Å². The molecule has 2 aromatic carbocycles. The molecule has 1 saturated heterocycles. The summed E-state index contributed by atoms with van der Waals surface area (Å²) in [5.41, 5.74) is 6.48. The molecule has 186 valence electrons. The van der Waals surface area contributed by atoms with Crippen molar-refractivity contribution in [3.63, 3.8) is 0 Å². The van der Waals surface area contributed by atoms with Gasteiger partial charge in [0.15, 0.2) is 0 Å². The third kappa shape index (κ3) is 4.84. The lowest BCUT2D eigenvalue weighted by Gasteiger charge is -2.39. The number of nitrogens with zero attached hydrogens (tertiary/aromatic N) is 5. The number of rotatable bonds is 7. The van der Waals surface area contributed by atoms with Gasteiger partial charge in [-0.25, -0.2) is 4.98 Å². The highest BCUT2D eigenvalue weighted by molar-refractivity contribution is 5.97. The number of carbonyl (C=O) groups excluding carboxylic acids is 1. The van der Waals surface area contributed by atoms with Crippen LogP contribution < -0.4 is 10.2 Å². The average molecular weight is 483 g/mol. The first-order valence-electron chi connectivity index (χ1n) is 12.5. The van der Waals surface area contributed by atoms with Crippen LogP contribution in [0.3, 0.4) is 0 Å². The summed E-state index contributed by atoms with van der Waals surface area (Å²) in [6, 6.07) is 16.1. The molecule has 7 nitrogen and oxygen atoms in total. The molecule has 4 aromatic rings. The Morgan fingerprint density at radius 1 is 1.17 bits per heavy atom. The molecule has 1 aliphatic heterocycles. The van der Waals surface area contributed by atoms with Crippen molar-refractivity contribution in [2.24, 2.45) is 13.0 Å². The number of hydrogen-bond acceptors (Lipinski definition) is 5. The zero-order valence-electron chi connectivity index (χ0n) is 21.7. The van der Waals surface area contributed by atoms with Gasteiger partial charge in [-0.2, -0.15) is 5.10 Å². The zero-order chi connectivity index (χ0) is 25.4. The first-order chi connectivity index (χ1) is 17.3. The zero-order valence-corrected chi connectivity index (χ0v) is 21.7. The Labute approximate surface area is 212 Å². The molecule has 5 rings (SSSR count). The number of fused-ring (bicyclic) bond motifs is 1. The molecular formula is C29H34N6O. The van der Waals surface area contributed by atoms with Crippen molar-refractivity contribution >= 4 is 22.5 Å². The second-order valence-electron chi connectivity index (χ2n) is 10.2. The van der Waals surface area contributed by atoms with Crippen molar-refractivity contribution in [3.05, 3.63) is 77.6 Å². The van der Waals surface area contributed by atoms with Crippen LogP contribution in [0.4, 0.5) is 5.69 Å². The summed E-state index contributed by atoms with van der Waals surface area (Å²) >= 11 is 0. The van der Waals surface area contributed by atoms with Crippen LogP contribution in [0.25, 0.3) is 22.2 Å². The summed E-state index contributed by atoms with van der Waals surface area (Å²) in [4.78, 5) is 22.9. The topological polar surface area (TPSA) is 66.3 Å². The maximum atomic E-state index is 13.5. The number of benzene rings is 2. The molecule has 0 spiro atoms. The van der Waals surface area contributed by atoms with Gasteiger partial charge in [0, 0.05) is 68.0 Å². The summed E-state index contributed by atoms with van der Waals surface area (Å²) in [6.07, 6.45) is 3.77. The van der Waals surface area contributed by atoms with E-state index in [4.69, 9.17) is 4.98 Å². The Balaban J connectivity index is 1.40. The van der Waals surface area contributed by atoms with E-state index in [9.17, 15) is 4.79 Å². The molecule has 36 heavy (non-hydrogen) atoms. The van der Waals surface area contributed by atoms with Crippen LogP contribution in [0.2, 0.25) is 0 Å². The van der Waals surface area contributed by atoms with Crippen LogP contribution in [0, 0.1) is 12.8 Å². The van der Waals surface area contributed by atoms with Crippen LogP contribution in [-0.4, -0.2) is 59.3 Å². The van der Waals surface area contributed by atoms with Crippen molar-refractivity contribution in [1.82, 2.24) is 25.0 Å². The van der Waals surface area contributed by atoms with E-state index in [0.29, 0.717) is 11.5 Å². The number of para-hydroxylation sites is 1. The predicted molar refractivity (Wildman–Crippen MR) is 145 cm³/mol. The summed E-state index contributed by atoms with van der Waals surface area (Å²) in [5, 5.41) is 8.59. The van der Waals surface area contributed by atoms with Gasteiger partial charge in [0.1, 0.15) is 0 Å². The Morgan fingerprint density at radius 3 is 2.67 bits per heavy atom. The summed E-state index contributed by atoms with van der Waals surface area (Å²) in [7, 11) is 6.15. The largest absolute Gasteiger partial charge is 0.374 e. The minimum atomic E-state index is -0.202. The maximum absolute atomic E-state index is 13.5. The minimum absolute atomic E-state index is 0.0672. The van der Waals surface area contributed by atoms with Gasteiger partial charge in [-0.05, 0) is 56.3 Å². The summed E-state index contributed by atoms with van der Waals surface area (Å²) in [5.74, 6) is 0.607. The van der Waals surface area contributed by atoms with E-state index in [-0.39, 0.29) is 11.9 Å². The van der Waals surface area contributed by atoms with E-state index in [0.717, 1.165) is 58.6 Å². The van der Waals surface area contributed by atoms with Gasteiger partial charge in [-0.1, -0.05) is 24.3 Å². The molecule has 0 saturated carbocycles. The first kappa shape index (κ1) is 24.0. The first-order valence-corrected chi connectivity index (χ1v) is 12.5. The van der Waals surface area contributed by atoms with Crippen molar-refractivity contribution in [2.45, 2.75) is 19.9 Å². The van der Waals surface area contributed by atoms with Crippen molar-refractivity contribution < 1.29 is 4.79 Å². The number of aryl methyl sites for hydroxylation is 2. The van der Waals surface area contributed by atoms with Crippen LogP contribution in [0.15, 0.2) is 60.9 Å². The van der Waals surface area contributed by atoms with Gasteiger partial charge in [-0.15, -0.1) is 0 Å². The van der Waals surface area contributed by atoms with Gasteiger partial charge in [0.05, 0.1) is 23.4 Å². The average Bonchev–Trinajstić information content (AvgIpc) is 3.28. The Kier molecular flexibility index (Phi) is 6.49. The van der Waals surface area contributed by atoms with Gasteiger partial charge in [-0.3, -0.25) is 9.48 Å². The van der Waals surface area contributed by atoms with E-state index in [1.165, 1.54) is 0 Å². The van der Waals surface area contributed by atoms with Crippen molar-refractivity contribution in [2.75, 3.05) is 38.6 Å². The van der Waals surface area contributed by atoms with Crippen molar-refractivity contribution in [3.8, 4) is 11.3 Å². The standard InChI is InChI=1S/C29H34N6O/c1-19-10-11-23(34(4)17-21-15-33(3)16-21)12-25(19)29(36)31-20(2)26-13-28(22-14-30-35(5)18-22)32-27-9-7-6-8-24(26)27/h6-14,18,20-21H,15-17H2,1-5H3,(H,31,36)/t20-/m1/s1. The minimum Gasteiger partial charge on any atom is -0.374 e. The molecule has 0 bridgehead atoms. The summed E-state index contributed by atoms with van der Waals surface area (Å²) < 4.78 is 1.77. The number of anilines is 1. The Morgan fingerprint density at radius 2 is 1.94 bits per heavy atom. The van der Waals surface area contributed by atoms with Crippen LogP contribution >= 0.6 is 0 Å². The van der Waals surface area contributed by atoms with E-state index in [1.54, 1.807) is 4.68 Å². The van der Waals surface area contributed by atoms with E-state index >= 15 is 0 Å². The third-order valence-electron chi connectivity index (χ3n) is 7.14. The highest BCUT2D eigenvalue weighted by Gasteiger charge is 2.25. The van der Waals surface area contributed by atoms with E-state index in [1.807, 2.05) is 63.6 Å². The third-order valence-corrected chi connectivity index (χ3v) is 7.14. The van der Waals surface area contributed by atoms with Gasteiger partial charge in [0.2, 0.25) is 0 Å². The fourth-order valence-corrected chi connectivity index (χ4v) is 5.14. The SMILES string of the molecule is Cc1ccc(N(C)CC2CN(C)C2)cc1C(=O)N[C@H](C)c1cc(-c2cnn(C)c2)nc2ccccc12. The molecular weight excluding hydrogens is 448 g/mol. The van der Waals surface area contributed by atoms with Gasteiger partial charge >= 0.3 is 0 Å². The molecule has 3 heterocycles. The number of aromatic nitrogens is 3. The van der Waals surface area contributed by atoms with E-state index in [2.05, 4.69) is 52.5 Å². The number of pyridine rings is 1. The van der Waals surface area contributed by atoms with Crippen molar-refractivity contribution in [1.29, 1.82) is 0 Å². The Bertz CT molecular complexity index is 1400. The predicted octanol–water partition coefficient (Wildman–Crippen LogP) is 4.43. The molecule has 1 fully saturated rings. The molecule has 0 unspecified atom stereocenters. The van der Waals surface area contributed by atoms with Crippen LogP contribution in [0.1, 0.15) is 34.5 Å². The monoisotopic (exact) mass is 482 g/mol. The molecule has 1 aliphatic rings. The molecule has 0 radical (unpaired) electrons. The number of carbonyl (C=O) groups is 1. The molecule has 1 atom stereocenters. The molecule has 2 aromatic heterocycles. The van der Waals surface area contributed by atoms with Gasteiger partial charge in [0.25, 0.3) is 5.91 Å². The van der Waals surface area contributed by atoms with E-state index < -0.39 is 0 Å². The van der Waals surface area contributed by atoms with Crippen LogP contribution in [0.5, 0.6) is 0 Å². The fourth-order valence-electron chi connectivity index (χ4n) is 5.14. The lowest BCUT2D eigenvalue weighted by Crippen LogP contribution is -2.48.